The van der Waals surface area contributed by atoms with Gasteiger partial charge in [0.1, 0.15) is 5.02 Å². The van der Waals surface area contributed by atoms with Crippen molar-refractivity contribution in [1.82, 2.24) is 9.78 Å². The zero-order valence-corrected chi connectivity index (χ0v) is 17.5. The monoisotopic (exact) mass is 478 g/mol. The molecule has 152 valence electrons. The van der Waals surface area contributed by atoms with Crippen molar-refractivity contribution < 1.29 is 13.2 Å². The summed E-state index contributed by atoms with van der Waals surface area (Å²) in [6.45, 7) is 0.357. The first-order chi connectivity index (χ1) is 13.6. The maximum absolute atomic E-state index is 13.1. The van der Waals surface area contributed by atoms with Crippen LogP contribution in [-0.2, 0) is 12.7 Å². The largest absolute Gasteiger partial charge is 0.418 e. The third kappa shape index (κ3) is 5.54. The number of anilines is 2. The maximum atomic E-state index is 13.1. The van der Waals surface area contributed by atoms with Crippen molar-refractivity contribution in [2.45, 2.75) is 12.7 Å². The molecule has 0 aliphatic carbocycles. The van der Waals surface area contributed by atoms with Gasteiger partial charge in [-0.1, -0.05) is 53.0 Å². The number of benzene rings is 2. The van der Waals surface area contributed by atoms with Crippen molar-refractivity contribution >= 4 is 63.6 Å². The highest BCUT2D eigenvalue weighted by molar-refractivity contribution is 7.80. The van der Waals surface area contributed by atoms with Gasteiger partial charge in [0.25, 0.3) is 0 Å². The van der Waals surface area contributed by atoms with E-state index in [-0.39, 0.29) is 21.6 Å². The van der Waals surface area contributed by atoms with Crippen LogP contribution in [0, 0.1) is 0 Å². The molecule has 0 aliphatic heterocycles. The maximum Gasteiger partial charge on any atom is 0.418 e. The van der Waals surface area contributed by atoms with Gasteiger partial charge in [-0.3, -0.25) is 4.68 Å². The quantitative estimate of drug-likeness (QED) is 0.408. The summed E-state index contributed by atoms with van der Waals surface area (Å²) in [5.41, 5.74) is -0.172. The number of nitrogens with zero attached hydrogens (tertiary/aromatic N) is 2. The molecule has 0 spiro atoms. The molecule has 0 atom stereocenters. The van der Waals surface area contributed by atoms with E-state index in [1.54, 1.807) is 24.4 Å². The van der Waals surface area contributed by atoms with E-state index in [1.807, 2.05) is 0 Å². The van der Waals surface area contributed by atoms with E-state index in [9.17, 15) is 13.2 Å². The zero-order chi connectivity index (χ0) is 21.2. The molecule has 0 bridgehead atoms. The molecule has 0 radical (unpaired) electrons. The molecule has 0 saturated heterocycles. The standard InChI is InChI=1S/C18H12Cl3F3N4S/c19-12-6-5-10(7-13(12)20)8-28-9-14(21)16(27-28)26-17(29)25-15-4-2-1-3-11(15)18(22,23)24/h1-7,9H,8H2,(H2,25,26,27,29). The van der Waals surface area contributed by atoms with Gasteiger partial charge in [0.15, 0.2) is 10.9 Å². The van der Waals surface area contributed by atoms with Crippen molar-refractivity contribution in [3.63, 3.8) is 0 Å². The molecular formula is C18H12Cl3F3N4S. The lowest BCUT2D eigenvalue weighted by molar-refractivity contribution is -0.136. The lowest BCUT2D eigenvalue weighted by Gasteiger charge is -2.15. The molecule has 29 heavy (non-hydrogen) atoms. The molecular weight excluding hydrogens is 468 g/mol. The van der Waals surface area contributed by atoms with Crippen molar-refractivity contribution in [2.75, 3.05) is 10.6 Å². The van der Waals surface area contributed by atoms with Crippen LogP contribution in [0.5, 0.6) is 0 Å². The Labute approximate surface area is 184 Å². The molecule has 0 fully saturated rings. The van der Waals surface area contributed by atoms with Crippen LogP contribution in [0.1, 0.15) is 11.1 Å². The number of thiocarbonyl (C=S) groups is 1. The van der Waals surface area contributed by atoms with Gasteiger partial charge in [-0.15, -0.1) is 0 Å². The fourth-order valence-corrected chi connectivity index (χ4v) is 3.21. The lowest BCUT2D eigenvalue weighted by atomic mass is 10.2. The van der Waals surface area contributed by atoms with Crippen LogP contribution in [-0.4, -0.2) is 14.9 Å². The van der Waals surface area contributed by atoms with Crippen LogP contribution in [0.2, 0.25) is 15.1 Å². The highest BCUT2D eigenvalue weighted by atomic mass is 35.5. The summed E-state index contributed by atoms with van der Waals surface area (Å²) in [5.74, 6) is 0.203. The van der Waals surface area contributed by atoms with E-state index in [0.717, 1.165) is 11.6 Å². The summed E-state index contributed by atoms with van der Waals surface area (Å²) in [6, 6.07) is 10.2. The first-order valence-corrected chi connectivity index (χ1v) is 9.59. The smallest absolute Gasteiger partial charge is 0.332 e. The average Bonchev–Trinajstić information content (AvgIpc) is 2.96. The van der Waals surface area contributed by atoms with Gasteiger partial charge in [0.05, 0.1) is 27.8 Å². The van der Waals surface area contributed by atoms with Crippen molar-refractivity contribution in [3.05, 3.63) is 74.9 Å². The summed E-state index contributed by atoms with van der Waals surface area (Å²) in [5, 5.41) is 10.5. The summed E-state index contributed by atoms with van der Waals surface area (Å²) < 4.78 is 40.8. The Bertz CT molecular complexity index is 1050. The number of rotatable bonds is 4. The van der Waals surface area contributed by atoms with Gasteiger partial charge in [-0.2, -0.15) is 18.3 Å². The molecule has 2 N–H and O–H groups in total. The molecule has 1 heterocycles. The fourth-order valence-electron chi connectivity index (χ4n) is 2.49. The predicted molar refractivity (Wildman–Crippen MR) is 114 cm³/mol. The Morgan fingerprint density at radius 1 is 1.00 bits per heavy atom. The minimum absolute atomic E-state index is 0.0802. The van der Waals surface area contributed by atoms with Crippen LogP contribution in [0.3, 0.4) is 0 Å². The highest BCUT2D eigenvalue weighted by Crippen LogP contribution is 2.34. The van der Waals surface area contributed by atoms with E-state index in [4.69, 9.17) is 47.0 Å². The molecule has 2 aromatic carbocycles. The Kier molecular flexibility index (Phi) is 6.58. The van der Waals surface area contributed by atoms with Gasteiger partial charge in [0, 0.05) is 6.20 Å². The number of aromatic nitrogens is 2. The highest BCUT2D eigenvalue weighted by Gasteiger charge is 2.33. The molecule has 0 amide bonds. The van der Waals surface area contributed by atoms with E-state index in [2.05, 4.69) is 15.7 Å². The SMILES string of the molecule is FC(F)(F)c1ccccc1NC(=S)Nc1nn(Cc2ccc(Cl)c(Cl)c2)cc1Cl. The first kappa shape index (κ1) is 21.7. The number of para-hydroxylation sites is 1. The van der Waals surface area contributed by atoms with Gasteiger partial charge in [-0.25, -0.2) is 0 Å². The van der Waals surface area contributed by atoms with Crippen LogP contribution in [0.15, 0.2) is 48.7 Å². The molecule has 0 aliphatic rings. The number of halogens is 6. The van der Waals surface area contributed by atoms with Crippen LogP contribution >= 0.6 is 47.0 Å². The lowest BCUT2D eigenvalue weighted by Crippen LogP contribution is -2.22. The van der Waals surface area contributed by atoms with Crippen LogP contribution in [0.4, 0.5) is 24.7 Å². The zero-order valence-electron chi connectivity index (χ0n) is 14.4. The van der Waals surface area contributed by atoms with Crippen molar-refractivity contribution in [1.29, 1.82) is 0 Å². The fraction of sp³-hybridized carbons (Fsp3) is 0.111. The van der Waals surface area contributed by atoms with Gasteiger partial charge < -0.3 is 10.6 Å². The third-order valence-corrected chi connectivity index (χ3v) is 4.98. The molecule has 11 heteroatoms. The second-order valence-corrected chi connectivity index (χ2v) is 7.52. The van der Waals surface area contributed by atoms with E-state index >= 15 is 0 Å². The second kappa shape index (κ2) is 8.79. The van der Waals surface area contributed by atoms with Gasteiger partial charge >= 0.3 is 6.18 Å². The average molecular weight is 480 g/mol. The normalized spacial score (nSPS) is 11.4. The first-order valence-electron chi connectivity index (χ1n) is 8.04. The number of nitrogens with one attached hydrogen (secondary N) is 2. The summed E-state index contributed by atoms with van der Waals surface area (Å²) >= 11 is 23.2. The minimum atomic E-state index is -4.52. The molecule has 0 saturated carbocycles. The number of hydrogen-bond donors (Lipinski definition) is 2. The molecule has 4 nitrogen and oxygen atoms in total. The predicted octanol–water partition coefficient (Wildman–Crippen LogP) is 6.72. The Morgan fingerprint density at radius 3 is 2.41 bits per heavy atom. The van der Waals surface area contributed by atoms with Gasteiger partial charge in [0.2, 0.25) is 0 Å². The topological polar surface area (TPSA) is 41.9 Å². The number of hydrogen-bond acceptors (Lipinski definition) is 2. The molecule has 1 aromatic heterocycles. The second-order valence-electron chi connectivity index (χ2n) is 5.89. The summed E-state index contributed by atoms with van der Waals surface area (Å²) in [6.07, 6.45) is -2.96. The minimum Gasteiger partial charge on any atom is -0.332 e. The Morgan fingerprint density at radius 2 is 1.72 bits per heavy atom. The summed E-state index contributed by atoms with van der Waals surface area (Å²) in [4.78, 5) is 0. The Balaban J connectivity index is 1.71. The van der Waals surface area contributed by atoms with E-state index < -0.39 is 11.7 Å². The number of alkyl halides is 3. The van der Waals surface area contributed by atoms with Gasteiger partial charge in [-0.05, 0) is 42.0 Å². The van der Waals surface area contributed by atoms with E-state index in [0.29, 0.717) is 16.6 Å². The van der Waals surface area contributed by atoms with Crippen molar-refractivity contribution in [2.24, 2.45) is 0 Å². The molecule has 3 rings (SSSR count). The molecule has 3 aromatic rings. The van der Waals surface area contributed by atoms with Crippen LogP contribution < -0.4 is 10.6 Å². The van der Waals surface area contributed by atoms with Crippen LogP contribution in [0.25, 0.3) is 0 Å². The van der Waals surface area contributed by atoms with Crippen molar-refractivity contribution in [3.8, 4) is 0 Å². The van der Waals surface area contributed by atoms with E-state index in [1.165, 1.54) is 22.9 Å². The summed E-state index contributed by atoms with van der Waals surface area (Å²) in [7, 11) is 0. The molecule has 0 unspecified atom stereocenters. The Hall–Kier alpha value is -2.00. The third-order valence-electron chi connectivity index (χ3n) is 3.76.